The first-order chi connectivity index (χ1) is 8.44. The lowest BCUT2D eigenvalue weighted by Crippen LogP contribution is -2.43. The molecule has 100 valence electrons. The van der Waals surface area contributed by atoms with Crippen molar-refractivity contribution in [3.05, 3.63) is 35.4 Å². The molecule has 18 heavy (non-hydrogen) atoms. The van der Waals surface area contributed by atoms with Gasteiger partial charge in [-0.15, -0.1) is 0 Å². The van der Waals surface area contributed by atoms with Crippen LogP contribution >= 0.6 is 0 Å². The summed E-state index contributed by atoms with van der Waals surface area (Å²) >= 11 is 0. The molecule has 0 aliphatic heterocycles. The highest BCUT2D eigenvalue weighted by molar-refractivity contribution is 7.90. The maximum Gasteiger partial charge on any atom is 0.148 e. The van der Waals surface area contributed by atoms with Gasteiger partial charge in [-0.05, 0) is 37.3 Å². The van der Waals surface area contributed by atoms with Crippen molar-refractivity contribution in [2.24, 2.45) is 0 Å². The van der Waals surface area contributed by atoms with Gasteiger partial charge in [0.2, 0.25) is 0 Å². The Labute approximate surface area is 110 Å². The number of aryl methyl sites for hydroxylation is 1. The molecule has 1 aromatic rings. The number of hydrogen-bond donors (Lipinski definition) is 1. The molecule has 1 aliphatic rings. The molecular weight excluding hydrogens is 246 g/mol. The summed E-state index contributed by atoms with van der Waals surface area (Å²) in [4.78, 5) is 0. The zero-order valence-electron chi connectivity index (χ0n) is 11.0. The van der Waals surface area contributed by atoms with Crippen LogP contribution in [0.1, 0.15) is 24.5 Å². The summed E-state index contributed by atoms with van der Waals surface area (Å²) in [5.74, 6) is 0.213. The number of benzene rings is 1. The lowest BCUT2D eigenvalue weighted by Gasteiger charge is -2.28. The molecule has 0 fully saturated rings. The third-order valence-corrected chi connectivity index (χ3v) is 4.53. The molecule has 1 aliphatic carbocycles. The van der Waals surface area contributed by atoms with E-state index in [0.717, 1.165) is 19.3 Å². The summed E-state index contributed by atoms with van der Waals surface area (Å²) in [6.45, 7) is 1.95. The van der Waals surface area contributed by atoms with Gasteiger partial charge in [-0.1, -0.05) is 24.3 Å². The standard InChI is InChI=1S/C14H21NO2S/c1-11(10-18(2,16)17)15-14-8-7-12-5-3-4-6-13(12)9-14/h3-6,11,14-15H,7-10H2,1-2H3. The molecule has 0 heterocycles. The van der Waals surface area contributed by atoms with Gasteiger partial charge in [0.25, 0.3) is 0 Å². The van der Waals surface area contributed by atoms with Crippen molar-refractivity contribution in [2.75, 3.05) is 12.0 Å². The molecule has 3 nitrogen and oxygen atoms in total. The Morgan fingerprint density at radius 1 is 1.33 bits per heavy atom. The summed E-state index contributed by atoms with van der Waals surface area (Å²) < 4.78 is 22.5. The third kappa shape index (κ3) is 3.82. The molecule has 2 atom stereocenters. The molecule has 2 rings (SSSR count). The first kappa shape index (κ1) is 13.6. The highest BCUT2D eigenvalue weighted by Crippen LogP contribution is 2.21. The van der Waals surface area contributed by atoms with Crippen LogP contribution in [0.25, 0.3) is 0 Å². The largest absolute Gasteiger partial charge is 0.310 e. The van der Waals surface area contributed by atoms with Crippen LogP contribution in [0.4, 0.5) is 0 Å². The van der Waals surface area contributed by atoms with Crippen LogP contribution in [0, 0.1) is 0 Å². The smallest absolute Gasteiger partial charge is 0.148 e. The van der Waals surface area contributed by atoms with Gasteiger partial charge in [0.15, 0.2) is 0 Å². The van der Waals surface area contributed by atoms with Crippen molar-refractivity contribution in [3.8, 4) is 0 Å². The summed E-state index contributed by atoms with van der Waals surface area (Å²) in [5, 5.41) is 3.44. The molecule has 4 heteroatoms. The predicted molar refractivity (Wildman–Crippen MR) is 74.6 cm³/mol. The average Bonchev–Trinajstić information content (AvgIpc) is 2.26. The molecule has 0 aromatic heterocycles. The minimum absolute atomic E-state index is 0.0234. The zero-order chi connectivity index (χ0) is 13.2. The Balaban J connectivity index is 1.94. The van der Waals surface area contributed by atoms with E-state index >= 15 is 0 Å². The molecule has 0 saturated heterocycles. The van der Waals surface area contributed by atoms with Gasteiger partial charge < -0.3 is 5.32 Å². The van der Waals surface area contributed by atoms with Crippen LogP contribution in [0.2, 0.25) is 0 Å². The molecule has 1 aromatic carbocycles. The zero-order valence-corrected chi connectivity index (χ0v) is 11.8. The summed E-state index contributed by atoms with van der Waals surface area (Å²) in [5.41, 5.74) is 2.83. The van der Waals surface area contributed by atoms with Gasteiger partial charge in [0.1, 0.15) is 9.84 Å². The van der Waals surface area contributed by atoms with Crippen molar-refractivity contribution < 1.29 is 8.42 Å². The first-order valence-corrected chi connectivity index (χ1v) is 8.50. The fraction of sp³-hybridized carbons (Fsp3) is 0.571. The monoisotopic (exact) mass is 267 g/mol. The maximum atomic E-state index is 11.2. The van der Waals surface area contributed by atoms with E-state index in [0.29, 0.717) is 6.04 Å². The molecule has 0 spiro atoms. The molecule has 0 saturated carbocycles. The Hall–Kier alpha value is -0.870. The molecular formula is C14H21NO2S. The van der Waals surface area contributed by atoms with E-state index in [1.54, 1.807) is 0 Å². The second-order valence-corrected chi connectivity index (χ2v) is 7.55. The van der Waals surface area contributed by atoms with E-state index in [1.165, 1.54) is 17.4 Å². The minimum Gasteiger partial charge on any atom is -0.310 e. The van der Waals surface area contributed by atoms with E-state index < -0.39 is 9.84 Å². The van der Waals surface area contributed by atoms with Gasteiger partial charge in [-0.25, -0.2) is 8.42 Å². The van der Waals surface area contributed by atoms with Crippen LogP contribution in [-0.4, -0.2) is 32.5 Å². The van der Waals surface area contributed by atoms with Crippen molar-refractivity contribution in [1.82, 2.24) is 5.32 Å². The van der Waals surface area contributed by atoms with Gasteiger partial charge in [-0.3, -0.25) is 0 Å². The van der Waals surface area contributed by atoms with Crippen molar-refractivity contribution in [3.63, 3.8) is 0 Å². The predicted octanol–water partition coefficient (Wildman–Crippen LogP) is 1.57. The summed E-state index contributed by atoms with van der Waals surface area (Å²) in [6, 6.07) is 8.93. The van der Waals surface area contributed by atoms with Crippen LogP contribution in [0.3, 0.4) is 0 Å². The van der Waals surface area contributed by atoms with Gasteiger partial charge in [-0.2, -0.15) is 0 Å². The Morgan fingerprint density at radius 3 is 2.67 bits per heavy atom. The fourth-order valence-corrected chi connectivity index (χ4v) is 3.75. The second-order valence-electron chi connectivity index (χ2n) is 5.37. The fourth-order valence-electron chi connectivity index (χ4n) is 2.74. The second kappa shape index (κ2) is 5.41. The van der Waals surface area contributed by atoms with Crippen LogP contribution in [0.5, 0.6) is 0 Å². The van der Waals surface area contributed by atoms with Gasteiger partial charge >= 0.3 is 0 Å². The number of sulfone groups is 1. The topological polar surface area (TPSA) is 46.2 Å². The number of nitrogens with one attached hydrogen (secondary N) is 1. The van der Waals surface area contributed by atoms with Crippen molar-refractivity contribution in [1.29, 1.82) is 0 Å². The van der Waals surface area contributed by atoms with Crippen LogP contribution in [-0.2, 0) is 22.7 Å². The highest BCUT2D eigenvalue weighted by atomic mass is 32.2. The van der Waals surface area contributed by atoms with Gasteiger partial charge in [0.05, 0.1) is 5.75 Å². The number of fused-ring (bicyclic) bond motifs is 1. The molecule has 2 unspecified atom stereocenters. The maximum absolute atomic E-state index is 11.2. The quantitative estimate of drug-likeness (QED) is 0.900. The molecule has 0 radical (unpaired) electrons. The van der Waals surface area contributed by atoms with Crippen LogP contribution < -0.4 is 5.32 Å². The molecule has 0 bridgehead atoms. The number of rotatable bonds is 4. The SMILES string of the molecule is CC(CS(C)(=O)=O)NC1CCc2ccccc2C1. The average molecular weight is 267 g/mol. The normalized spacial score (nSPS) is 21.3. The third-order valence-electron chi connectivity index (χ3n) is 3.42. The lowest BCUT2D eigenvalue weighted by molar-refractivity contribution is 0.421. The highest BCUT2D eigenvalue weighted by Gasteiger charge is 2.20. The number of hydrogen-bond acceptors (Lipinski definition) is 3. The Bertz CT molecular complexity index is 510. The molecule has 1 N–H and O–H groups in total. The Kier molecular flexibility index (Phi) is 4.07. The van der Waals surface area contributed by atoms with E-state index in [-0.39, 0.29) is 11.8 Å². The van der Waals surface area contributed by atoms with E-state index in [1.807, 2.05) is 6.92 Å². The Morgan fingerprint density at radius 2 is 2.00 bits per heavy atom. The van der Waals surface area contributed by atoms with Gasteiger partial charge in [0, 0.05) is 18.3 Å². The van der Waals surface area contributed by atoms with Crippen molar-refractivity contribution in [2.45, 2.75) is 38.3 Å². The molecule has 0 amide bonds. The minimum atomic E-state index is -2.90. The lowest BCUT2D eigenvalue weighted by atomic mass is 9.88. The first-order valence-electron chi connectivity index (χ1n) is 6.44. The van der Waals surface area contributed by atoms with E-state index in [2.05, 4.69) is 29.6 Å². The van der Waals surface area contributed by atoms with E-state index in [4.69, 9.17) is 0 Å². The summed E-state index contributed by atoms with van der Waals surface area (Å²) in [7, 11) is -2.90. The van der Waals surface area contributed by atoms with Crippen LogP contribution in [0.15, 0.2) is 24.3 Å². The summed E-state index contributed by atoms with van der Waals surface area (Å²) in [6.07, 6.45) is 4.47. The van der Waals surface area contributed by atoms with E-state index in [9.17, 15) is 8.42 Å². The van der Waals surface area contributed by atoms with Crippen molar-refractivity contribution >= 4 is 9.84 Å².